The van der Waals surface area contributed by atoms with Gasteiger partial charge in [0.25, 0.3) is 0 Å². The van der Waals surface area contributed by atoms with E-state index in [2.05, 4.69) is 70.9 Å². The maximum absolute atomic E-state index is 11.8. The molecule has 0 radical (unpaired) electrons. The maximum atomic E-state index is 11.8. The van der Waals surface area contributed by atoms with Crippen LogP contribution in [0, 0.1) is 18.8 Å². The summed E-state index contributed by atoms with van der Waals surface area (Å²) in [6.07, 6.45) is 2.40. The lowest BCUT2D eigenvalue weighted by molar-refractivity contribution is 0.448. The number of rotatable bonds is 7. The molecule has 0 aliphatic carbocycles. The van der Waals surface area contributed by atoms with E-state index in [1.807, 2.05) is 19.1 Å². The fourth-order valence-corrected chi connectivity index (χ4v) is 4.18. The lowest BCUT2D eigenvalue weighted by Crippen LogP contribution is -2.39. The predicted molar refractivity (Wildman–Crippen MR) is 117 cm³/mol. The zero-order chi connectivity index (χ0) is 20.2. The highest BCUT2D eigenvalue weighted by molar-refractivity contribution is 5.40. The number of hydrogen-bond donors (Lipinski definition) is 1. The molecule has 3 aromatic rings. The fraction of sp³-hybridized carbons (Fsp3) is 0.320. The molecule has 1 unspecified atom stereocenters. The second kappa shape index (κ2) is 8.66. The molecule has 29 heavy (non-hydrogen) atoms. The Morgan fingerprint density at radius 2 is 1.79 bits per heavy atom. The van der Waals surface area contributed by atoms with Crippen LogP contribution in [0.1, 0.15) is 57.8 Å². The van der Waals surface area contributed by atoms with Gasteiger partial charge in [-0.25, -0.2) is 0 Å². The summed E-state index contributed by atoms with van der Waals surface area (Å²) in [5.41, 5.74) is 6.94. The van der Waals surface area contributed by atoms with E-state index in [1.165, 1.54) is 22.3 Å². The number of aryl methyl sites for hydroxylation is 2. The van der Waals surface area contributed by atoms with Gasteiger partial charge in [-0.05, 0) is 60.2 Å². The molecule has 2 atom stereocenters. The summed E-state index contributed by atoms with van der Waals surface area (Å²) in [6.45, 7) is 6.19. The van der Waals surface area contributed by atoms with Gasteiger partial charge in [-0.3, -0.25) is 4.98 Å². The van der Waals surface area contributed by atoms with Gasteiger partial charge in [-0.1, -0.05) is 53.7 Å². The summed E-state index contributed by atoms with van der Waals surface area (Å²) >= 11 is 0. The van der Waals surface area contributed by atoms with Crippen molar-refractivity contribution in [1.82, 2.24) is 10.3 Å². The quantitative estimate of drug-likeness (QED) is 0.553. The third kappa shape index (κ3) is 4.28. The van der Waals surface area contributed by atoms with E-state index in [-0.39, 0.29) is 5.92 Å². The minimum absolute atomic E-state index is 0.112. The van der Waals surface area contributed by atoms with E-state index in [4.69, 9.17) is 0 Å². The topological polar surface area (TPSA) is 54.4 Å². The molecular weight excluding hydrogens is 358 g/mol. The predicted octanol–water partition coefficient (Wildman–Crippen LogP) is 5.41. The number of hydrogen-bond acceptors (Lipinski definition) is 4. The normalized spacial score (nSPS) is 16.1. The summed E-state index contributed by atoms with van der Waals surface area (Å²) in [5.74, 6) is 0.728. The van der Waals surface area contributed by atoms with Crippen LogP contribution >= 0.6 is 0 Å². The molecule has 148 valence electrons. The van der Waals surface area contributed by atoms with Crippen molar-refractivity contribution >= 4 is 0 Å². The second-order valence-corrected chi connectivity index (χ2v) is 8.02. The molecule has 4 nitrogen and oxygen atoms in total. The molecule has 0 bridgehead atoms. The largest absolute Gasteiger partial charge is 0.315 e. The Labute approximate surface area is 172 Å². The third-order valence-corrected chi connectivity index (χ3v) is 6.05. The van der Waals surface area contributed by atoms with Gasteiger partial charge in [-0.2, -0.15) is 4.91 Å². The van der Waals surface area contributed by atoms with Crippen molar-refractivity contribution in [2.24, 2.45) is 5.18 Å². The number of pyridine rings is 1. The van der Waals surface area contributed by atoms with Crippen molar-refractivity contribution < 1.29 is 0 Å². The van der Waals surface area contributed by atoms with Crippen LogP contribution in [0.25, 0.3) is 0 Å². The molecule has 4 rings (SSSR count). The van der Waals surface area contributed by atoms with Crippen LogP contribution in [-0.4, -0.2) is 18.1 Å². The average Bonchev–Trinajstić information content (AvgIpc) is 2.69. The molecule has 4 heteroatoms. The Bertz CT molecular complexity index is 979. The van der Waals surface area contributed by atoms with Crippen molar-refractivity contribution in [3.8, 4) is 0 Å². The first-order valence-corrected chi connectivity index (χ1v) is 10.3. The van der Waals surface area contributed by atoms with Crippen LogP contribution in [-0.2, 0) is 0 Å². The van der Waals surface area contributed by atoms with Gasteiger partial charge in [0.15, 0.2) is 0 Å². The number of nitrogens with zero attached hydrogens (tertiary/aromatic N) is 2. The van der Waals surface area contributed by atoms with E-state index in [0.29, 0.717) is 12.3 Å². The van der Waals surface area contributed by atoms with E-state index >= 15 is 0 Å². The summed E-state index contributed by atoms with van der Waals surface area (Å²) in [5, 5.41) is 6.84. The number of nitroso groups, excluding NO2 is 1. The molecule has 1 N–H and O–H groups in total. The van der Waals surface area contributed by atoms with Gasteiger partial charge < -0.3 is 5.32 Å². The first-order valence-electron chi connectivity index (χ1n) is 10.3. The molecule has 0 spiro atoms. The molecule has 1 aromatic heterocycles. The van der Waals surface area contributed by atoms with Gasteiger partial charge in [-0.15, -0.1) is 0 Å². The highest BCUT2D eigenvalue weighted by Crippen LogP contribution is 2.37. The van der Waals surface area contributed by atoms with E-state index < -0.39 is 6.04 Å². The van der Waals surface area contributed by atoms with E-state index in [0.717, 1.165) is 24.3 Å². The SMILES string of the molecule is Cc1cc(C(C[C@H](c2ccc(C3CNC3)cc2)c2ccccc2C)N=O)ccn1. The Morgan fingerprint density at radius 1 is 1.03 bits per heavy atom. The lowest BCUT2D eigenvalue weighted by Gasteiger charge is -2.28. The smallest absolute Gasteiger partial charge is 0.118 e. The minimum atomic E-state index is -0.406. The highest BCUT2D eigenvalue weighted by Gasteiger charge is 2.24. The molecule has 1 aliphatic rings. The van der Waals surface area contributed by atoms with Crippen molar-refractivity contribution in [3.63, 3.8) is 0 Å². The summed E-state index contributed by atoms with van der Waals surface area (Å²) < 4.78 is 0. The van der Waals surface area contributed by atoms with Crippen LogP contribution in [0.5, 0.6) is 0 Å². The van der Waals surface area contributed by atoms with Crippen LogP contribution < -0.4 is 5.32 Å². The first kappa shape index (κ1) is 19.5. The molecular formula is C25H27N3O. The average molecular weight is 386 g/mol. The Hall–Kier alpha value is -2.85. The zero-order valence-corrected chi connectivity index (χ0v) is 17.0. The molecule has 2 heterocycles. The Balaban J connectivity index is 1.68. The standard InChI is InChI=1S/C25H27N3O/c1-17-5-3-4-6-23(17)24(14-25(28-29)21-11-12-27-18(2)13-21)20-9-7-19(8-10-20)22-15-26-16-22/h3-13,22,24-26H,14-16H2,1-2H3/t24-,25?/m1/s1. The molecule has 1 aliphatic heterocycles. The van der Waals surface area contributed by atoms with Crippen molar-refractivity contribution in [3.05, 3.63) is 105 Å². The van der Waals surface area contributed by atoms with Gasteiger partial charge >= 0.3 is 0 Å². The lowest BCUT2D eigenvalue weighted by atomic mass is 9.81. The second-order valence-electron chi connectivity index (χ2n) is 8.02. The molecule has 1 fully saturated rings. The van der Waals surface area contributed by atoms with Gasteiger partial charge in [0.05, 0.1) is 0 Å². The highest BCUT2D eigenvalue weighted by atomic mass is 16.3. The molecule has 0 saturated carbocycles. The molecule has 0 amide bonds. The van der Waals surface area contributed by atoms with E-state index in [9.17, 15) is 4.91 Å². The first-order chi connectivity index (χ1) is 14.2. The van der Waals surface area contributed by atoms with Gasteiger partial charge in [0.1, 0.15) is 6.04 Å². The van der Waals surface area contributed by atoms with Gasteiger partial charge in [0, 0.05) is 36.8 Å². The number of nitrogens with one attached hydrogen (secondary N) is 1. The van der Waals surface area contributed by atoms with E-state index in [1.54, 1.807) is 6.20 Å². The summed E-state index contributed by atoms with van der Waals surface area (Å²) in [7, 11) is 0. The Kier molecular flexibility index (Phi) is 5.81. The van der Waals surface area contributed by atoms with Crippen LogP contribution in [0.4, 0.5) is 0 Å². The van der Waals surface area contributed by atoms with Crippen LogP contribution in [0.3, 0.4) is 0 Å². The number of benzene rings is 2. The monoisotopic (exact) mass is 385 g/mol. The van der Waals surface area contributed by atoms with Crippen molar-refractivity contribution in [2.75, 3.05) is 13.1 Å². The van der Waals surface area contributed by atoms with Gasteiger partial charge in [0.2, 0.25) is 0 Å². The summed E-state index contributed by atoms with van der Waals surface area (Å²) in [4.78, 5) is 16.1. The maximum Gasteiger partial charge on any atom is 0.118 e. The molecule has 1 saturated heterocycles. The summed E-state index contributed by atoms with van der Waals surface area (Å²) in [6, 6.07) is 20.8. The van der Waals surface area contributed by atoms with Crippen LogP contribution in [0.15, 0.2) is 72.0 Å². The van der Waals surface area contributed by atoms with Crippen molar-refractivity contribution in [1.29, 1.82) is 0 Å². The third-order valence-electron chi connectivity index (χ3n) is 6.05. The Morgan fingerprint density at radius 3 is 2.41 bits per heavy atom. The number of aromatic nitrogens is 1. The van der Waals surface area contributed by atoms with Crippen molar-refractivity contribution in [2.45, 2.75) is 38.1 Å². The zero-order valence-electron chi connectivity index (χ0n) is 17.0. The minimum Gasteiger partial charge on any atom is -0.315 e. The van der Waals surface area contributed by atoms with Crippen LogP contribution in [0.2, 0.25) is 0 Å². The fourth-order valence-electron chi connectivity index (χ4n) is 4.18. The molecule has 2 aromatic carbocycles.